The second kappa shape index (κ2) is 9.99. The van der Waals surface area contributed by atoms with Crippen LogP contribution in [-0.4, -0.2) is 54.4 Å². The molecule has 1 aliphatic rings. The molecule has 6 nitrogen and oxygen atoms in total. The highest BCUT2D eigenvalue weighted by molar-refractivity contribution is 7.98. The van der Waals surface area contributed by atoms with Gasteiger partial charge < -0.3 is 15.4 Å². The van der Waals surface area contributed by atoms with E-state index in [0.29, 0.717) is 13.1 Å². The third kappa shape index (κ3) is 7.81. The van der Waals surface area contributed by atoms with Crippen molar-refractivity contribution in [3.8, 4) is 0 Å². The van der Waals surface area contributed by atoms with Crippen molar-refractivity contribution in [1.82, 2.24) is 10.2 Å². The summed E-state index contributed by atoms with van der Waals surface area (Å²) >= 11 is 1.65. The Bertz CT molecular complexity index is 646. The number of nitrogens with one attached hydrogen (secondary N) is 2. The molecule has 1 heterocycles. The molecule has 2 amide bonds. The number of hydrogen-bond acceptors (Lipinski definition) is 5. The van der Waals surface area contributed by atoms with E-state index in [0.717, 1.165) is 36.4 Å². The van der Waals surface area contributed by atoms with Gasteiger partial charge in [-0.25, -0.2) is 4.79 Å². The summed E-state index contributed by atoms with van der Waals surface area (Å²) in [5, 5.41) is 5.81. The molecule has 1 fully saturated rings. The molecular weight excluding hydrogens is 362 g/mol. The SMILES string of the molecule is CSc1cccc(NC(=O)CN2CCCC[C@@H]2CNC(=O)OC(C)(C)C)c1. The summed E-state index contributed by atoms with van der Waals surface area (Å²) in [6.07, 6.45) is 4.74. The number of anilines is 1. The molecule has 1 atom stereocenters. The van der Waals surface area contributed by atoms with Gasteiger partial charge in [0, 0.05) is 23.2 Å². The second-order valence-corrected chi connectivity index (χ2v) is 8.66. The Kier molecular flexibility index (Phi) is 7.98. The predicted octanol–water partition coefficient (Wildman–Crippen LogP) is 3.73. The number of carbonyl (C=O) groups excluding carboxylic acids is 2. The Morgan fingerprint density at radius 1 is 1.30 bits per heavy atom. The summed E-state index contributed by atoms with van der Waals surface area (Å²) < 4.78 is 5.30. The first-order valence-electron chi connectivity index (χ1n) is 9.41. The van der Waals surface area contributed by atoms with Gasteiger partial charge in [-0.2, -0.15) is 0 Å². The molecule has 150 valence electrons. The molecule has 0 unspecified atom stereocenters. The molecule has 7 heteroatoms. The molecule has 0 saturated carbocycles. The number of amides is 2. The van der Waals surface area contributed by atoms with Crippen LogP contribution in [0.1, 0.15) is 40.0 Å². The first kappa shape index (κ1) is 21.6. The van der Waals surface area contributed by atoms with Gasteiger partial charge in [-0.15, -0.1) is 11.8 Å². The van der Waals surface area contributed by atoms with Crippen molar-refractivity contribution in [1.29, 1.82) is 0 Å². The van der Waals surface area contributed by atoms with Crippen LogP contribution in [0.2, 0.25) is 0 Å². The highest BCUT2D eigenvalue weighted by atomic mass is 32.2. The minimum atomic E-state index is -0.512. The molecule has 0 bridgehead atoms. The first-order valence-corrected chi connectivity index (χ1v) is 10.6. The lowest BCUT2D eigenvalue weighted by Crippen LogP contribution is -2.49. The number of thioether (sulfide) groups is 1. The van der Waals surface area contributed by atoms with Crippen molar-refractivity contribution in [2.24, 2.45) is 0 Å². The van der Waals surface area contributed by atoms with Crippen molar-refractivity contribution in [2.45, 2.75) is 56.6 Å². The van der Waals surface area contributed by atoms with Gasteiger partial charge in [-0.3, -0.25) is 9.69 Å². The molecule has 1 aromatic carbocycles. The van der Waals surface area contributed by atoms with E-state index >= 15 is 0 Å². The fraction of sp³-hybridized carbons (Fsp3) is 0.600. The average molecular weight is 394 g/mol. The largest absolute Gasteiger partial charge is 0.444 e. The Balaban J connectivity index is 1.86. The molecule has 0 radical (unpaired) electrons. The average Bonchev–Trinajstić information content (AvgIpc) is 2.59. The number of nitrogens with zero attached hydrogens (tertiary/aromatic N) is 1. The Morgan fingerprint density at radius 3 is 2.78 bits per heavy atom. The van der Waals surface area contributed by atoms with Gasteiger partial charge in [0.25, 0.3) is 0 Å². The standard InChI is InChI=1S/C20H31N3O3S/c1-20(2,3)26-19(25)21-13-16-9-5-6-11-23(16)14-18(24)22-15-8-7-10-17(12-15)27-4/h7-8,10,12,16H,5-6,9,11,13-14H2,1-4H3,(H,21,25)(H,22,24)/t16-/m1/s1. The lowest BCUT2D eigenvalue weighted by atomic mass is 10.0. The number of carbonyl (C=O) groups is 2. The summed E-state index contributed by atoms with van der Waals surface area (Å²) in [7, 11) is 0. The zero-order chi connectivity index (χ0) is 19.9. The summed E-state index contributed by atoms with van der Waals surface area (Å²) in [6, 6.07) is 7.98. The molecule has 2 N–H and O–H groups in total. The summed E-state index contributed by atoms with van der Waals surface area (Å²) in [5.74, 6) is -0.0302. The van der Waals surface area contributed by atoms with E-state index in [4.69, 9.17) is 4.74 Å². The van der Waals surface area contributed by atoms with Gasteiger partial charge in [-0.05, 0) is 64.6 Å². The van der Waals surface area contributed by atoms with Crippen LogP contribution in [0.3, 0.4) is 0 Å². The number of piperidine rings is 1. The Hall–Kier alpha value is -1.73. The maximum Gasteiger partial charge on any atom is 0.407 e. The van der Waals surface area contributed by atoms with E-state index in [9.17, 15) is 9.59 Å². The number of likely N-dealkylation sites (tertiary alicyclic amines) is 1. The molecule has 2 rings (SSSR count). The lowest BCUT2D eigenvalue weighted by molar-refractivity contribution is -0.118. The third-order valence-corrected chi connectivity index (χ3v) is 5.06. The van der Waals surface area contributed by atoms with E-state index < -0.39 is 11.7 Å². The number of alkyl carbamates (subject to hydrolysis) is 1. The monoisotopic (exact) mass is 393 g/mol. The van der Waals surface area contributed by atoms with Crippen LogP contribution in [0.25, 0.3) is 0 Å². The highest BCUT2D eigenvalue weighted by Crippen LogP contribution is 2.20. The van der Waals surface area contributed by atoms with Crippen LogP contribution < -0.4 is 10.6 Å². The fourth-order valence-electron chi connectivity index (χ4n) is 3.10. The molecule has 0 spiro atoms. The summed E-state index contributed by atoms with van der Waals surface area (Å²) in [4.78, 5) is 27.6. The molecule has 0 aromatic heterocycles. The normalized spacial score (nSPS) is 18.0. The summed E-state index contributed by atoms with van der Waals surface area (Å²) in [6.45, 7) is 7.20. The van der Waals surface area contributed by atoms with E-state index in [1.165, 1.54) is 0 Å². The van der Waals surface area contributed by atoms with Crippen molar-refractivity contribution >= 4 is 29.4 Å². The molecule has 27 heavy (non-hydrogen) atoms. The third-order valence-electron chi connectivity index (χ3n) is 4.33. The van der Waals surface area contributed by atoms with Gasteiger partial charge in [0.05, 0.1) is 6.54 Å². The number of ether oxygens (including phenoxy) is 1. The van der Waals surface area contributed by atoms with Crippen LogP contribution >= 0.6 is 11.8 Å². The van der Waals surface area contributed by atoms with Crippen molar-refractivity contribution in [2.75, 3.05) is 31.2 Å². The first-order chi connectivity index (χ1) is 12.8. The topological polar surface area (TPSA) is 70.7 Å². The molecule has 1 aromatic rings. The zero-order valence-electron chi connectivity index (χ0n) is 16.7. The maximum absolute atomic E-state index is 12.5. The quantitative estimate of drug-likeness (QED) is 0.721. The molecule has 0 aliphatic carbocycles. The second-order valence-electron chi connectivity index (χ2n) is 7.78. The van der Waals surface area contributed by atoms with E-state index in [1.54, 1.807) is 11.8 Å². The molecule has 1 aliphatic heterocycles. The summed E-state index contributed by atoms with van der Waals surface area (Å²) in [5.41, 5.74) is 0.300. The van der Waals surface area contributed by atoms with E-state index in [-0.39, 0.29) is 11.9 Å². The van der Waals surface area contributed by atoms with Gasteiger partial charge in [0.1, 0.15) is 5.60 Å². The van der Waals surface area contributed by atoms with Crippen LogP contribution in [-0.2, 0) is 9.53 Å². The van der Waals surface area contributed by atoms with E-state index in [1.807, 2.05) is 51.3 Å². The van der Waals surface area contributed by atoms with Crippen molar-refractivity contribution in [3.05, 3.63) is 24.3 Å². The smallest absolute Gasteiger partial charge is 0.407 e. The number of hydrogen-bond donors (Lipinski definition) is 2. The Morgan fingerprint density at radius 2 is 2.07 bits per heavy atom. The molecule has 1 saturated heterocycles. The minimum absolute atomic E-state index is 0.0302. The number of benzene rings is 1. The van der Waals surface area contributed by atoms with Crippen molar-refractivity contribution < 1.29 is 14.3 Å². The Labute approximate surface area is 166 Å². The number of rotatable bonds is 6. The lowest BCUT2D eigenvalue weighted by Gasteiger charge is -2.35. The van der Waals surface area contributed by atoms with Crippen LogP contribution in [0.4, 0.5) is 10.5 Å². The van der Waals surface area contributed by atoms with Gasteiger partial charge in [-0.1, -0.05) is 12.5 Å². The van der Waals surface area contributed by atoms with Gasteiger partial charge >= 0.3 is 6.09 Å². The van der Waals surface area contributed by atoms with Crippen molar-refractivity contribution in [3.63, 3.8) is 0 Å². The van der Waals surface area contributed by atoms with Crippen LogP contribution in [0.15, 0.2) is 29.2 Å². The van der Waals surface area contributed by atoms with E-state index in [2.05, 4.69) is 15.5 Å². The highest BCUT2D eigenvalue weighted by Gasteiger charge is 2.25. The maximum atomic E-state index is 12.5. The van der Waals surface area contributed by atoms with Crippen LogP contribution in [0, 0.1) is 0 Å². The van der Waals surface area contributed by atoms with Gasteiger partial charge in [0.15, 0.2) is 0 Å². The zero-order valence-corrected chi connectivity index (χ0v) is 17.5. The van der Waals surface area contributed by atoms with Gasteiger partial charge in [0.2, 0.25) is 5.91 Å². The van der Waals surface area contributed by atoms with Crippen LogP contribution in [0.5, 0.6) is 0 Å². The molecular formula is C20H31N3O3S. The predicted molar refractivity (Wildman–Crippen MR) is 110 cm³/mol. The minimum Gasteiger partial charge on any atom is -0.444 e. The fourth-order valence-corrected chi connectivity index (χ4v) is 3.56.